The SMILES string of the molecule is Cc1ncccc1S(C)(C)[N-]c1ccc(F)c(C#Cc2cnc(N)c(C=N)c2)c1F. The van der Waals surface area contributed by atoms with E-state index in [0.717, 1.165) is 22.9 Å². The molecular formula is C22H20F2N5S-. The van der Waals surface area contributed by atoms with Crippen LogP contribution in [0, 0.1) is 35.8 Å². The van der Waals surface area contributed by atoms with E-state index in [0.29, 0.717) is 11.1 Å². The van der Waals surface area contributed by atoms with Gasteiger partial charge in [-0.1, -0.05) is 23.6 Å². The lowest BCUT2D eigenvalue weighted by Crippen LogP contribution is -2.00. The number of nitrogens with two attached hydrogens (primary N) is 1. The number of hydrogen-bond donors (Lipinski definition) is 2. The zero-order chi connectivity index (χ0) is 21.9. The van der Waals surface area contributed by atoms with Crippen molar-refractivity contribution in [1.82, 2.24) is 9.97 Å². The number of aryl methyl sites for hydroxylation is 1. The van der Waals surface area contributed by atoms with Gasteiger partial charge in [0, 0.05) is 35.4 Å². The first-order valence-electron chi connectivity index (χ1n) is 8.87. The number of nitrogens with one attached hydrogen (secondary N) is 1. The third-order valence-corrected chi connectivity index (χ3v) is 6.49. The highest BCUT2D eigenvalue weighted by Crippen LogP contribution is 2.59. The van der Waals surface area contributed by atoms with E-state index in [9.17, 15) is 4.39 Å². The van der Waals surface area contributed by atoms with Gasteiger partial charge in [-0.3, -0.25) is 15.2 Å². The first-order chi connectivity index (χ1) is 14.2. The molecule has 0 aliphatic rings. The molecule has 2 heterocycles. The Labute approximate surface area is 175 Å². The topological polar surface area (TPSA) is 89.8 Å². The molecule has 3 N–H and O–H groups in total. The van der Waals surface area contributed by atoms with Crippen LogP contribution in [0.5, 0.6) is 0 Å². The molecule has 0 aliphatic carbocycles. The van der Waals surface area contributed by atoms with Crippen LogP contribution in [0.3, 0.4) is 0 Å². The van der Waals surface area contributed by atoms with Crippen molar-refractivity contribution in [2.24, 2.45) is 0 Å². The number of halogens is 2. The second-order valence-corrected chi connectivity index (χ2v) is 9.97. The summed E-state index contributed by atoms with van der Waals surface area (Å²) in [5.41, 5.74) is 6.91. The lowest BCUT2D eigenvalue weighted by molar-refractivity contribution is 0.581. The molecule has 154 valence electrons. The van der Waals surface area contributed by atoms with Crippen LogP contribution in [-0.2, 0) is 0 Å². The molecule has 0 bridgehead atoms. The van der Waals surface area contributed by atoms with Gasteiger partial charge in [-0.2, -0.15) is 0 Å². The fraction of sp³-hybridized carbons (Fsp3) is 0.136. The average Bonchev–Trinajstić information content (AvgIpc) is 2.71. The summed E-state index contributed by atoms with van der Waals surface area (Å²) in [6.07, 6.45) is 7.96. The van der Waals surface area contributed by atoms with Gasteiger partial charge in [-0.25, -0.2) is 13.8 Å². The van der Waals surface area contributed by atoms with E-state index in [1.165, 1.54) is 18.3 Å². The largest absolute Gasteiger partial charge is 0.638 e. The first kappa shape index (κ1) is 21.3. The third kappa shape index (κ3) is 4.42. The molecule has 0 saturated heterocycles. The van der Waals surface area contributed by atoms with Gasteiger partial charge < -0.3 is 15.9 Å². The van der Waals surface area contributed by atoms with E-state index in [4.69, 9.17) is 11.1 Å². The number of pyridine rings is 2. The molecule has 0 atom stereocenters. The number of rotatable bonds is 4. The fourth-order valence-electron chi connectivity index (χ4n) is 2.83. The Morgan fingerprint density at radius 1 is 1.17 bits per heavy atom. The summed E-state index contributed by atoms with van der Waals surface area (Å²) in [6.45, 7) is 1.88. The summed E-state index contributed by atoms with van der Waals surface area (Å²) in [5, 5.41) is 7.32. The standard InChI is InChI=1S/C22H20F2N5S/c1-14-20(5-4-10-27-14)30(2,3)29-19-9-8-18(23)17(21(19)24)7-6-15-11-16(12-25)22(26)28-13-15/h4-5,8-13,25H,1-3H3,(H2,26,28)/q-1. The molecule has 5 nitrogen and oxygen atoms in total. The van der Waals surface area contributed by atoms with Crippen LogP contribution in [0.1, 0.15) is 22.4 Å². The zero-order valence-electron chi connectivity index (χ0n) is 16.7. The maximum Gasteiger partial charge on any atom is 0.141 e. The Morgan fingerprint density at radius 3 is 2.63 bits per heavy atom. The van der Waals surface area contributed by atoms with Crippen molar-refractivity contribution >= 4 is 27.9 Å². The van der Waals surface area contributed by atoms with Crippen molar-refractivity contribution in [1.29, 1.82) is 5.41 Å². The van der Waals surface area contributed by atoms with E-state index in [2.05, 4.69) is 26.5 Å². The van der Waals surface area contributed by atoms with Crippen LogP contribution in [0.25, 0.3) is 4.72 Å². The van der Waals surface area contributed by atoms with E-state index in [1.54, 1.807) is 6.20 Å². The van der Waals surface area contributed by atoms with Gasteiger partial charge in [0.15, 0.2) is 0 Å². The van der Waals surface area contributed by atoms with Crippen LogP contribution in [0.15, 0.2) is 47.6 Å². The van der Waals surface area contributed by atoms with E-state index in [-0.39, 0.29) is 17.1 Å². The van der Waals surface area contributed by atoms with Crippen LogP contribution >= 0.6 is 10.2 Å². The maximum absolute atomic E-state index is 15.1. The lowest BCUT2D eigenvalue weighted by Gasteiger charge is -2.48. The summed E-state index contributed by atoms with van der Waals surface area (Å²) in [6, 6.07) is 7.73. The van der Waals surface area contributed by atoms with Crippen LogP contribution in [-0.4, -0.2) is 28.7 Å². The third-order valence-electron chi connectivity index (χ3n) is 4.33. The summed E-state index contributed by atoms with van der Waals surface area (Å²) in [7, 11) is -1.77. The minimum Gasteiger partial charge on any atom is -0.638 e. The molecular weight excluding hydrogens is 404 g/mol. The normalized spacial score (nSPS) is 11.4. The van der Waals surface area contributed by atoms with Crippen molar-refractivity contribution in [3.63, 3.8) is 0 Å². The molecule has 0 spiro atoms. The summed E-state index contributed by atoms with van der Waals surface area (Å²) in [4.78, 5) is 9.13. The van der Waals surface area contributed by atoms with E-state index < -0.39 is 21.8 Å². The highest BCUT2D eigenvalue weighted by atomic mass is 32.3. The van der Waals surface area contributed by atoms with Gasteiger partial charge in [0.1, 0.15) is 17.5 Å². The molecule has 8 heteroatoms. The molecule has 0 saturated carbocycles. The molecule has 0 radical (unpaired) electrons. The quantitative estimate of drug-likeness (QED) is 0.452. The Hall–Kier alpha value is -3.44. The molecule has 30 heavy (non-hydrogen) atoms. The molecule has 0 fully saturated rings. The minimum absolute atomic E-state index is 0.0413. The monoisotopic (exact) mass is 424 g/mol. The Kier molecular flexibility index (Phi) is 6.04. The van der Waals surface area contributed by atoms with Gasteiger partial charge in [0.25, 0.3) is 0 Å². The summed E-state index contributed by atoms with van der Waals surface area (Å²) >= 11 is 0. The van der Waals surface area contributed by atoms with E-state index in [1.807, 2.05) is 31.6 Å². The van der Waals surface area contributed by atoms with Crippen LogP contribution in [0.4, 0.5) is 20.3 Å². The average molecular weight is 425 g/mol. The molecule has 3 aromatic rings. The molecule has 0 aliphatic heterocycles. The molecule has 1 aromatic carbocycles. The number of anilines is 1. The first-order valence-corrected chi connectivity index (χ1v) is 11.3. The molecule has 3 rings (SSSR count). The van der Waals surface area contributed by atoms with Gasteiger partial charge in [-0.05, 0) is 48.6 Å². The van der Waals surface area contributed by atoms with E-state index >= 15 is 4.39 Å². The van der Waals surface area contributed by atoms with Gasteiger partial charge in [-0.15, -0.1) is 0 Å². The van der Waals surface area contributed by atoms with Crippen molar-refractivity contribution < 1.29 is 8.78 Å². The Morgan fingerprint density at radius 2 is 1.93 bits per heavy atom. The second kappa shape index (κ2) is 8.51. The molecule has 0 amide bonds. The maximum atomic E-state index is 15.1. The number of hydrogen-bond acceptors (Lipinski definition) is 4. The smallest absolute Gasteiger partial charge is 0.141 e. The van der Waals surface area contributed by atoms with Crippen molar-refractivity contribution in [2.75, 3.05) is 18.2 Å². The number of aromatic nitrogens is 2. The second-order valence-electron chi connectivity index (χ2n) is 6.80. The van der Waals surface area contributed by atoms with Gasteiger partial charge in [0.2, 0.25) is 0 Å². The van der Waals surface area contributed by atoms with Gasteiger partial charge in [0.05, 0.1) is 5.56 Å². The highest BCUT2D eigenvalue weighted by Gasteiger charge is 2.13. The predicted octanol–water partition coefficient (Wildman–Crippen LogP) is 5.09. The van der Waals surface area contributed by atoms with Crippen LogP contribution < -0.4 is 5.73 Å². The zero-order valence-corrected chi connectivity index (χ0v) is 17.5. The van der Waals surface area contributed by atoms with Crippen LogP contribution in [0.2, 0.25) is 0 Å². The highest BCUT2D eigenvalue weighted by molar-refractivity contribution is 8.35. The predicted molar refractivity (Wildman–Crippen MR) is 119 cm³/mol. The number of nitrogen functional groups attached to an aromatic ring is 1. The van der Waals surface area contributed by atoms with Crippen molar-refractivity contribution in [3.8, 4) is 11.8 Å². The number of nitrogens with zero attached hydrogens (tertiary/aromatic N) is 3. The summed E-state index contributed by atoms with van der Waals surface area (Å²) in [5.74, 6) is 3.79. The van der Waals surface area contributed by atoms with Crippen molar-refractivity contribution in [2.45, 2.75) is 11.8 Å². The minimum atomic E-state index is -1.77. The lowest BCUT2D eigenvalue weighted by atomic mass is 10.1. The molecule has 0 unspecified atom stereocenters. The fourth-order valence-corrected chi connectivity index (χ4v) is 4.75. The Balaban J connectivity index is 1.97. The van der Waals surface area contributed by atoms with Crippen molar-refractivity contribution in [3.05, 3.63) is 81.5 Å². The van der Waals surface area contributed by atoms with Gasteiger partial charge >= 0.3 is 0 Å². The number of benzene rings is 1. The molecule has 2 aromatic heterocycles. The Bertz CT molecular complexity index is 1180. The summed E-state index contributed by atoms with van der Waals surface area (Å²) < 4.78 is 34.0.